The van der Waals surface area contributed by atoms with Crippen molar-refractivity contribution in [3.05, 3.63) is 20.8 Å². The molecule has 0 aromatic rings. The third-order valence-corrected chi connectivity index (χ3v) is 6.36. The van der Waals surface area contributed by atoms with Crippen molar-refractivity contribution in [3.8, 4) is 0 Å². The Bertz CT molecular complexity index is 458. The zero-order chi connectivity index (χ0) is 14.7. The number of ketones is 1. The molecule has 1 saturated carbocycles. The van der Waals surface area contributed by atoms with Crippen molar-refractivity contribution < 1.29 is 9.53 Å². The molecular formula is C18H25IO2. The summed E-state index contributed by atoms with van der Waals surface area (Å²) in [4.78, 5) is 11.6. The second kappa shape index (κ2) is 7.40. The zero-order valence-electron chi connectivity index (χ0n) is 12.7. The van der Waals surface area contributed by atoms with Gasteiger partial charge in [-0.2, -0.15) is 0 Å². The van der Waals surface area contributed by atoms with Crippen LogP contribution in [0.25, 0.3) is 0 Å². The van der Waals surface area contributed by atoms with Gasteiger partial charge in [0.15, 0.2) is 5.78 Å². The smallest absolute Gasteiger partial charge is 0.169 e. The lowest BCUT2D eigenvalue weighted by molar-refractivity contribution is -0.114. The van der Waals surface area contributed by atoms with Gasteiger partial charge in [-0.15, -0.1) is 0 Å². The first kappa shape index (κ1) is 15.7. The number of carbonyl (C=O) groups is 1. The Morgan fingerprint density at radius 3 is 2.90 bits per heavy atom. The van der Waals surface area contributed by atoms with Gasteiger partial charge in [-0.05, 0) is 85.4 Å². The van der Waals surface area contributed by atoms with Gasteiger partial charge >= 0.3 is 0 Å². The minimum atomic E-state index is 0.377. The first-order valence-electron chi connectivity index (χ1n) is 8.45. The first-order chi connectivity index (χ1) is 10.2. The van der Waals surface area contributed by atoms with Crippen molar-refractivity contribution in [2.24, 2.45) is 5.92 Å². The topological polar surface area (TPSA) is 26.3 Å². The lowest BCUT2D eigenvalue weighted by Crippen LogP contribution is -2.18. The van der Waals surface area contributed by atoms with Crippen LogP contribution in [0.2, 0.25) is 0 Å². The summed E-state index contributed by atoms with van der Waals surface area (Å²) in [7, 11) is 0. The summed E-state index contributed by atoms with van der Waals surface area (Å²) in [5, 5.41) is 0. The number of rotatable bonds is 5. The summed E-state index contributed by atoms with van der Waals surface area (Å²) in [6, 6.07) is 0. The Kier molecular flexibility index (Phi) is 5.54. The highest BCUT2D eigenvalue weighted by atomic mass is 127. The van der Waals surface area contributed by atoms with Gasteiger partial charge in [-0.25, -0.2) is 0 Å². The maximum Gasteiger partial charge on any atom is 0.169 e. The van der Waals surface area contributed by atoms with E-state index in [1.165, 1.54) is 50.5 Å². The van der Waals surface area contributed by atoms with E-state index in [4.69, 9.17) is 4.74 Å². The Hall–Kier alpha value is -0.160. The fraction of sp³-hybridized carbons (Fsp3) is 0.722. The lowest BCUT2D eigenvalue weighted by atomic mass is 10.0. The molecule has 0 aromatic carbocycles. The quantitative estimate of drug-likeness (QED) is 0.364. The number of hydrogen-bond donors (Lipinski definition) is 0. The highest BCUT2D eigenvalue weighted by Gasteiger charge is 2.35. The predicted octanol–water partition coefficient (Wildman–Crippen LogP) is 5.11. The van der Waals surface area contributed by atoms with Crippen LogP contribution in [-0.2, 0) is 9.53 Å². The largest absolute Gasteiger partial charge is 0.378 e. The van der Waals surface area contributed by atoms with Gasteiger partial charge < -0.3 is 4.74 Å². The summed E-state index contributed by atoms with van der Waals surface area (Å²) >= 11 is 2.25. The number of ether oxygens (including phenoxy) is 1. The number of halogens is 1. The van der Waals surface area contributed by atoms with Crippen LogP contribution >= 0.6 is 22.6 Å². The van der Waals surface area contributed by atoms with E-state index >= 15 is 0 Å². The monoisotopic (exact) mass is 400 g/mol. The number of Topliss-reactive ketones (excluding diaryl/α,β-unsaturated/α-hetero) is 1. The summed E-state index contributed by atoms with van der Waals surface area (Å²) in [6.07, 6.45) is 14.8. The second-order valence-electron chi connectivity index (χ2n) is 6.68. The third kappa shape index (κ3) is 3.98. The Labute approximate surface area is 141 Å². The molecular weight excluding hydrogens is 375 g/mol. The minimum Gasteiger partial charge on any atom is -0.378 e. The van der Waals surface area contributed by atoms with E-state index < -0.39 is 0 Å². The van der Waals surface area contributed by atoms with E-state index in [0.29, 0.717) is 17.8 Å². The number of allylic oxidation sites excluding steroid dienone is 4. The van der Waals surface area contributed by atoms with Crippen molar-refractivity contribution >= 4 is 28.4 Å². The molecule has 2 unspecified atom stereocenters. The van der Waals surface area contributed by atoms with Crippen molar-refractivity contribution in [1.29, 1.82) is 0 Å². The summed E-state index contributed by atoms with van der Waals surface area (Å²) in [6.45, 7) is 0.975. The molecule has 0 N–H and O–H groups in total. The average molecular weight is 400 g/mol. The fourth-order valence-corrected chi connectivity index (χ4v) is 4.71. The summed E-state index contributed by atoms with van der Waals surface area (Å²) in [5.41, 5.74) is 3.01. The number of unbranched alkanes of at least 4 members (excludes halogenated alkanes) is 2. The van der Waals surface area contributed by atoms with Gasteiger partial charge in [0.05, 0.1) is 9.68 Å². The molecule has 0 aromatic heterocycles. The van der Waals surface area contributed by atoms with Crippen molar-refractivity contribution in [1.82, 2.24) is 0 Å². The molecule has 116 valence electrons. The van der Waals surface area contributed by atoms with E-state index in [0.717, 1.165) is 29.4 Å². The Balaban J connectivity index is 1.37. The van der Waals surface area contributed by atoms with Crippen molar-refractivity contribution in [3.63, 3.8) is 0 Å². The van der Waals surface area contributed by atoms with Crippen LogP contribution in [0.1, 0.15) is 64.2 Å². The minimum absolute atomic E-state index is 0.377. The van der Waals surface area contributed by atoms with Crippen LogP contribution in [0.4, 0.5) is 0 Å². The molecule has 3 heteroatoms. The van der Waals surface area contributed by atoms with E-state index in [1.54, 1.807) is 5.57 Å². The standard InChI is InChI=1S/C18H25IO2/c19-18-16-11-13(10-14(16)12-17(18)20)6-2-1-3-7-15-8-4-5-9-21-15/h6,14-15H,1-5,7-12H2/b13-6+. The zero-order valence-corrected chi connectivity index (χ0v) is 14.9. The Morgan fingerprint density at radius 2 is 2.14 bits per heavy atom. The van der Waals surface area contributed by atoms with Crippen LogP contribution in [0.5, 0.6) is 0 Å². The highest BCUT2D eigenvalue weighted by molar-refractivity contribution is 14.1. The second-order valence-corrected chi connectivity index (χ2v) is 7.76. The average Bonchev–Trinajstić information content (AvgIpc) is 3.00. The third-order valence-electron chi connectivity index (χ3n) is 5.06. The predicted molar refractivity (Wildman–Crippen MR) is 93.5 cm³/mol. The molecule has 1 heterocycles. The van der Waals surface area contributed by atoms with Gasteiger partial charge in [-0.3, -0.25) is 4.79 Å². The normalized spacial score (nSPS) is 31.3. The van der Waals surface area contributed by atoms with Gasteiger partial charge in [0.1, 0.15) is 0 Å². The molecule has 2 aliphatic carbocycles. The van der Waals surface area contributed by atoms with Crippen LogP contribution in [-0.4, -0.2) is 18.5 Å². The molecule has 21 heavy (non-hydrogen) atoms. The van der Waals surface area contributed by atoms with Gasteiger partial charge in [0.25, 0.3) is 0 Å². The molecule has 0 amide bonds. The molecule has 1 saturated heterocycles. The van der Waals surface area contributed by atoms with Crippen LogP contribution in [0, 0.1) is 5.92 Å². The van der Waals surface area contributed by atoms with Gasteiger partial charge in [0.2, 0.25) is 0 Å². The van der Waals surface area contributed by atoms with Crippen LogP contribution in [0.3, 0.4) is 0 Å². The van der Waals surface area contributed by atoms with Gasteiger partial charge in [0, 0.05) is 13.0 Å². The van der Waals surface area contributed by atoms with E-state index in [2.05, 4.69) is 28.7 Å². The van der Waals surface area contributed by atoms with Crippen LogP contribution < -0.4 is 0 Å². The molecule has 2 fully saturated rings. The molecule has 2 atom stereocenters. The highest BCUT2D eigenvalue weighted by Crippen LogP contribution is 2.46. The lowest BCUT2D eigenvalue weighted by Gasteiger charge is -2.22. The SMILES string of the molecule is O=C1CC2C/C(=C\CCCCC3CCCCO3)CC2=C1I. The van der Waals surface area contributed by atoms with E-state index in [-0.39, 0.29) is 0 Å². The molecule has 2 nitrogen and oxygen atoms in total. The first-order valence-corrected chi connectivity index (χ1v) is 9.53. The summed E-state index contributed by atoms with van der Waals surface area (Å²) < 4.78 is 6.81. The maximum absolute atomic E-state index is 11.6. The molecule has 0 radical (unpaired) electrons. The molecule has 3 aliphatic rings. The van der Waals surface area contributed by atoms with Gasteiger partial charge in [-0.1, -0.05) is 18.1 Å². The van der Waals surface area contributed by atoms with E-state index in [9.17, 15) is 4.79 Å². The molecule has 0 spiro atoms. The molecule has 3 rings (SSSR count). The maximum atomic E-state index is 11.6. The Morgan fingerprint density at radius 1 is 1.24 bits per heavy atom. The fourth-order valence-electron chi connectivity index (χ4n) is 3.86. The van der Waals surface area contributed by atoms with E-state index in [1.807, 2.05) is 0 Å². The number of carbonyl (C=O) groups excluding carboxylic acids is 1. The van der Waals surface area contributed by atoms with Crippen molar-refractivity contribution in [2.45, 2.75) is 70.3 Å². The van der Waals surface area contributed by atoms with Crippen LogP contribution in [0.15, 0.2) is 20.8 Å². The summed E-state index contributed by atoms with van der Waals surface area (Å²) in [5.74, 6) is 0.924. The van der Waals surface area contributed by atoms with Crippen molar-refractivity contribution in [2.75, 3.05) is 6.61 Å². The number of hydrogen-bond acceptors (Lipinski definition) is 2. The molecule has 0 bridgehead atoms. The number of fused-ring (bicyclic) bond motifs is 1. The molecule has 1 aliphatic heterocycles.